The van der Waals surface area contributed by atoms with Gasteiger partial charge in [-0.1, -0.05) is 26.5 Å². The number of carbonyl (C=O) groups excluding carboxylic acids is 4. The molecule has 1 heterocycles. The molecule has 1 rings (SSSR count). The van der Waals surface area contributed by atoms with Gasteiger partial charge in [-0.05, 0) is 13.3 Å². The summed E-state index contributed by atoms with van der Waals surface area (Å²) in [5, 5.41) is 0. The largest absolute Gasteiger partial charge is 0.466 e. The number of methoxy groups -OCH3 is 1. The van der Waals surface area contributed by atoms with E-state index < -0.39 is 17.9 Å². The van der Waals surface area contributed by atoms with E-state index in [0.29, 0.717) is 12.2 Å². The van der Waals surface area contributed by atoms with Gasteiger partial charge in [-0.15, -0.1) is 0 Å². The lowest BCUT2D eigenvalue weighted by molar-refractivity contribution is -0.150. The molecule has 0 amide bonds. The van der Waals surface area contributed by atoms with Crippen molar-refractivity contribution in [1.82, 2.24) is 0 Å². The van der Waals surface area contributed by atoms with Crippen molar-refractivity contribution in [2.75, 3.05) is 13.7 Å². The van der Waals surface area contributed by atoms with Crippen molar-refractivity contribution in [3.63, 3.8) is 0 Å². The van der Waals surface area contributed by atoms with Gasteiger partial charge in [0.1, 0.15) is 0 Å². The third-order valence-electron chi connectivity index (χ3n) is 2.00. The molecule has 0 aliphatic carbocycles. The first-order chi connectivity index (χ1) is 10.8. The Labute approximate surface area is 135 Å². The molecule has 0 bridgehead atoms. The van der Waals surface area contributed by atoms with E-state index in [2.05, 4.69) is 29.6 Å². The second-order valence-corrected chi connectivity index (χ2v) is 4.07. The maximum atomic E-state index is 10.7. The van der Waals surface area contributed by atoms with Crippen molar-refractivity contribution < 1.29 is 33.4 Å². The number of rotatable bonds is 5. The summed E-state index contributed by atoms with van der Waals surface area (Å²) in [5.41, 5.74) is 0.469. The first-order valence-electron chi connectivity index (χ1n) is 6.75. The van der Waals surface area contributed by atoms with Gasteiger partial charge in [0, 0.05) is 23.8 Å². The van der Waals surface area contributed by atoms with Crippen LogP contribution in [0.3, 0.4) is 0 Å². The van der Waals surface area contributed by atoms with Crippen molar-refractivity contribution >= 4 is 23.9 Å². The fourth-order valence-corrected chi connectivity index (χ4v) is 0.819. The van der Waals surface area contributed by atoms with E-state index in [1.54, 1.807) is 6.92 Å². The summed E-state index contributed by atoms with van der Waals surface area (Å²) < 4.78 is 12.9. The average Bonchev–Trinajstić information content (AvgIpc) is 2.90. The molecule has 0 aromatic carbocycles. The maximum absolute atomic E-state index is 10.7. The minimum atomic E-state index is -0.579. The van der Waals surface area contributed by atoms with Gasteiger partial charge in [0.2, 0.25) is 0 Å². The molecule has 1 aliphatic heterocycles. The van der Waals surface area contributed by atoms with Crippen molar-refractivity contribution in [3.8, 4) is 0 Å². The molecule has 0 N–H and O–H groups in total. The Bertz CT molecular complexity index is 459. The molecule has 0 spiro atoms. The summed E-state index contributed by atoms with van der Waals surface area (Å²) in [6, 6.07) is 0. The molecule has 128 valence electrons. The number of hydrogen-bond acceptors (Lipinski definition) is 7. The molecular formula is C16H22O7. The van der Waals surface area contributed by atoms with Crippen molar-refractivity contribution in [2.24, 2.45) is 0 Å². The predicted molar refractivity (Wildman–Crippen MR) is 83.1 cm³/mol. The Morgan fingerprint density at radius 1 is 1.26 bits per heavy atom. The van der Waals surface area contributed by atoms with E-state index >= 15 is 0 Å². The smallest absolute Gasteiger partial charge is 0.338 e. The van der Waals surface area contributed by atoms with Crippen LogP contribution in [0.25, 0.3) is 0 Å². The van der Waals surface area contributed by atoms with Crippen LogP contribution in [0.5, 0.6) is 0 Å². The molecular weight excluding hydrogens is 304 g/mol. The Kier molecular flexibility index (Phi) is 14.0. The lowest BCUT2D eigenvalue weighted by Crippen LogP contribution is -2.05. The number of esters is 4. The first-order valence-corrected chi connectivity index (χ1v) is 6.75. The van der Waals surface area contributed by atoms with Gasteiger partial charge in [0.15, 0.2) is 0 Å². The highest BCUT2D eigenvalue weighted by atomic mass is 16.6. The van der Waals surface area contributed by atoms with Gasteiger partial charge < -0.3 is 14.2 Å². The highest BCUT2D eigenvalue weighted by molar-refractivity contribution is 6.04. The molecule has 0 atom stereocenters. The standard InChI is InChI=1S/C8H14O2.C4H2O3.C4H6O2/c1-4-5-6-10-8(9)7(2)3;5-3-1-2-4(6)7-3;1-3-4(5)6-2/h2,4-6H2,1,3H3;1-2H;3H,1H2,2H3. The Morgan fingerprint density at radius 3 is 2.00 bits per heavy atom. The first kappa shape index (κ1) is 22.6. The van der Waals surface area contributed by atoms with Crippen LogP contribution in [0.1, 0.15) is 26.7 Å². The highest BCUT2D eigenvalue weighted by Crippen LogP contribution is 1.94. The topological polar surface area (TPSA) is 96.0 Å². The van der Waals surface area contributed by atoms with Crippen LogP contribution in [0.4, 0.5) is 0 Å². The fourth-order valence-electron chi connectivity index (χ4n) is 0.819. The highest BCUT2D eigenvalue weighted by Gasteiger charge is 2.10. The minimum absolute atomic E-state index is 0.284. The summed E-state index contributed by atoms with van der Waals surface area (Å²) in [7, 11) is 1.31. The Hall–Kier alpha value is -2.70. The van der Waals surface area contributed by atoms with E-state index in [4.69, 9.17) is 4.74 Å². The van der Waals surface area contributed by atoms with Crippen LogP contribution in [0.15, 0.2) is 37.0 Å². The number of unbranched alkanes of at least 4 members (excludes halogenated alkanes) is 1. The van der Waals surface area contributed by atoms with Gasteiger partial charge in [-0.25, -0.2) is 19.2 Å². The van der Waals surface area contributed by atoms with E-state index in [0.717, 1.165) is 31.1 Å². The van der Waals surface area contributed by atoms with E-state index in [-0.39, 0.29) is 5.97 Å². The van der Waals surface area contributed by atoms with Crippen LogP contribution in [0, 0.1) is 0 Å². The lowest BCUT2D eigenvalue weighted by atomic mass is 10.3. The fraction of sp³-hybridized carbons (Fsp3) is 0.375. The van der Waals surface area contributed by atoms with Gasteiger partial charge in [0.25, 0.3) is 0 Å². The Morgan fingerprint density at radius 2 is 1.78 bits per heavy atom. The van der Waals surface area contributed by atoms with Crippen LogP contribution in [-0.2, 0) is 33.4 Å². The lowest BCUT2D eigenvalue weighted by Gasteiger charge is -2.01. The van der Waals surface area contributed by atoms with Crippen molar-refractivity contribution in [1.29, 1.82) is 0 Å². The predicted octanol–water partition coefficient (Wildman–Crippen LogP) is 1.88. The zero-order chi connectivity index (χ0) is 18.3. The summed E-state index contributed by atoms with van der Waals surface area (Å²) in [4.78, 5) is 40.4. The van der Waals surface area contributed by atoms with Gasteiger partial charge in [0.05, 0.1) is 13.7 Å². The van der Waals surface area contributed by atoms with E-state index in [9.17, 15) is 19.2 Å². The molecule has 0 aromatic rings. The molecule has 7 heteroatoms. The van der Waals surface area contributed by atoms with Crippen LogP contribution in [0.2, 0.25) is 0 Å². The number of carbonyl (C=O) groups is 4. The zero-order valence-electron chi connectivity index (χ0n) is 13.6. The molecule has 0 fully saturated rings. The van der Waals surface area contributed by atoms with Crippen LogP contribution < -0.4 is 0 Å². The number of ether oxygens (including phenoxy) is 3. The quantitative estimate of drug-likeness (QED) is 0.250. The number of cyclic esters (lactones) is 2. The average molecular weight is 326 g/mol. The summed E-state index contributed by atoms with van der Waals surface area (Å²) >= 11 is 0. The van der Waals surface area contributed by atoms with Crippen molar-refractivity contribution in [3.05, 3.63) is 37.0 Å². The number of hydrogen-bond donors (Lipinski definition) is 0. The van der Waals surface area contributed by atoms with Crippen LogP contribution in [-0.4, -0.2) is 37.6 Å². The maximum Gasteiger partial charge on any atom is 0.338 e. The molecule has 23 heavy (non-hydrogen) atoms. The third-order valence-corrected chi connectivity index (χ3v) is 2.00. The van der Waals surface area contributed by atoms with E-state index in [1.807, 2.05) is 0 Å². The van der Waals surface area contributed by atoms with Gasteiger partial charge in [-0.2, -0.15) is 0 Å². The summed E-state index contributed by atoms with van der Waals surface area (Å²) in [6.07, 6.45) is 5.26. The summed E-state index contributed by atoms with van der Waals surface area (Å²) in [5.74, 6) is -1.83. The third kappa shape index (κ3) is 15.5. The normalized spacial score (nSPS) is 11.1. The SMILES string of the molecule is C=C(C)C(=O)OCCCC.C=CC(=O)OC.O=C1C=CC(=O)O1. The second kappa shape index (κ2) is 14.2. The molecule has 0 aromatic heterocycles. The molecule has 0 saturated heterocycles. The molecule has 1 aliphatic rings. The molecule has 0 radical (unpaired) electrons. The molecule has 0 unspecified atom stereocenters. The van der Waals surface area contributed by atoms with Crippen molar-refractivity contribution in [2.45, 2.75) is 26.7 Å². The second-order valence-electron chi connectivity index (χ2n) is 4.07. The monoisotopic (exact) mass is 326 g/mol. The minimum Gasteiger partial charge on any atom is -0.466 e. The molecule has 0 saturated carbocycles. The van der Waals surface area contributed by atoms with Gasteiger partial charge in [-0.3, -0.25) is 0 Å². The van der Waals surface area contributed by atoms with Crippen LogP contribution >= 0.6 is 0 Å². The Balaban J connectivity index is 0. The van der Waals surface area contributed by atoms with Gasteiger partial charge >= 0.3 is 23.9 Å². The van der Waals surface area contributed by atoms with E-state index in [1.165, 1.54) is 7.11 Å². The summed E-state index contributed by atoms with van der Waals surface area (Å²) in [6.45, 7) is 10.8. The zero-order valence-corrected chi connectivity index (χ0v) is 13.6. The molecule has 7 nitrogen and oxygen atoms in total.